The van der Waals surface area contributed by atoms with Gasteiger partial charge in [0.2, 0.25) is 0 Å². The van der Waals surface area contributed by atoms with Crippen molar-refractivity contribution in [2.45, 2.75) is 33.1 Å². The van der Waals surface area contributed by atoms with E-state index in [1.807, 2.05) is 0 Å². The zero-order valence-corrected chi connectivity index (χ0v) is 10.3. The van der Waals surface area contributed by atoms with E-state index in [0.29, 0.717) is 12.5 Å². The number of benzene rings is 1. The lowest BCUT2D eigenvalue weighted by atomic mass is 9.99. The molecular weight excluding hydrogens is 196 g/mol. The van der Waals surface area contributed by atoms with E-state index in [0.717, 1.165) is 6.42 Å². The van der Waals surface area contributed by atoms with Crippen molar-refractivity contribution in [2.75, 3.05) is 6.54 Å². The molecule has 0 unspecified atom stereocenters. The second kappa shape index (κ2) is 4.30. The average molecular weight is 216 g/mol. The summed E-state index contributed by atoms with van der Waals surface area (Å²) in [6.45, 7) is 7.32. The maximum absolute atomic E-state index is 5.72. The molecule has 86 valence electrons. The first-order chi connectivity index (χ1) is 7.65. The molecule has 0 saturated carbocycles. The number of nitrogens with two attached hydrogens (primary N) is 1. The number of fused-ring (bicyclic) bond motifs is 1. The van der Waals surface area contributed by atoms with Gasteiger partial charge in [-0.25, -0.2) is 0 Å². The van der Waals surface area contributed by atoms with Crippen LogP contribution in [-0.4, -0.2) is 11.5 Å². The Morgan fingerprint density at radius 3 is 2.69 bits per heavy atom. The molecule has 1 aromatic carbocycles. The van der Waals surface area contributed by atoms with Crippen molar-refractivity contribution in [3.05, 3.63) is 35.0 Å². The van der Waals surface area contributed by atoms with E-state index in [4.69, 9.17) is 5.73 Å². The first-order valence-corrected chi connectivity index (χ1v) is 5.95. The SMILES string of the molecule is Cc1cccc2[nH]c(C(C)C)c(CCN)c12. The maximum atomic E-state index is 5.72. The Balaban J connectivity index is 2.72. The lowest BCUT2D eigenvalue weighted by Gasteiger charge is -2.07. The lowest BCUT2D eigenvalue weighted by Crippen LogP contribution is -2.05. The monoisotopic (exact) mass is 216 g/mol. The fourth-order valence-corrected chi connectivity index (χ4v) is 2.42. The maximum Gasteiger partial charge on any atom is 0.0461 e. The van der Waals surface area contributed by atoms with Crippen LogP contribution >= 0.6 is 0 Å². The predicted octanol–water partition coefficient (Wildman–Crippen LogP) is 3.10. The molecule has 1 heterocycles. The molecule has 0 radical (unpaired) electrons. The van der Waals surface area contributed by atoms with E-state index in [9.17, 15) is 0 Å². The highest BCUT2D eigenvalue weighted by Crippen LogP contribution is 2.29. The molecule has 2 rings (SSSR count). The van der Waals surface area contributed by atoms with Crippen LogP contribution in [0.2, 0.25) is 0 Å². The van der Waals surface area contributed by atoms with E-state index in [2.05, 4.69) is 44.0 Å². The summed E-state index contributed by atoms with van der Waals surface area (Å²) in [5.41, 5.74) is 11.0. The third-order valence-corrected chi connectivity index (χ3v) is 3.14. The Labute approximate surface area is 96.9 Å². The molecular formula is C14H20N2. The number of aromatic amines is 1. The molecule has 1 aromatic heterocycles. The van der Waals surface area contributed by atoms with Gasteiger partial charge in [-0.15, -0.1) is 0 Å². The lowest BCUT2D eigenvalue weighted by molar-refractivity contribution is 0.809. The van der Waals surface area contributed by atoms with Crippen LogP contribution in [0.3, 0.4) is 0 Å². The van der Waals surface area contributed by atoms with Crippen LogP contribution in [0, 0.1) is 6.92 Å². The Hall–Kier alpha value is -1.28. The molecule has 0 spiro atoms. The molecule has 0 atom stereocenters. The number of H-pyrrole nitrogens is 1. The minimum atomic E-state index is 0.522. The zero-order chi connectivity index (χ0) is 11.7. The highest BCUT2D eigenvalue weighted by Gasteiger charge is 2.14. The summed E-state index contributed by atoms with van der Waals surface area (Å²) in [5.74, 6) is 0.522. The molecule has 0 aliphatic rings. The topological polar surface area (TPSA) is 41.8 Å². The summed E-state index contributed by atoms with van der Waals surface area (Å²) in [5, 5.41) is 1.37. The van der Waals surface area contributed by atoms with Crippen molar-refractivity contribution in [3.63, 3.8) is 0 Å². The number of hydrogen-bond donors (Lipinski definition) is 2. The van der Waals surface area contributed by atoms with Gasteiger partial charge >= 0.3 is 0 Å². The summed E-state index contributed by atoms with van der Waals surface area (Å²) < 4.78 is 0. The van der Waals surface area contributed by atoms with Crippen LogP contribution in [0.5, 0.6) is 0 Å². The van der Waals surface area contributed by atoms with Gasteiger partial charge < -0.3 is 10.7 Å². The number of aromatic nitrogens is 1. The van der Waals surface area contributed by atoms with Crippen molar-refractivity contribution in [1.82, 2.24) is 4.98 Å². The average Bonchev–Trinajstić information content (AvgIpc) is 2.59. The number of rotatable bonds is 3. The number of aryl methyl sites for hydroxylation is 1. The van der Waals surface area contributed by atoms with Gasteiger partial charge in [0, 0.05) is 16.6 Å². The van der Waals surface area contributed by atoms with Gasteiger partial charge in [0.1, 0.15) is 0 Å². The van der Waals surface area contributed by atoms with Crippen molar-refractivity contribution >= 4 is 10.9 Å². The van der Waals surface area contributed by atoms with E-state index in [1.54, 1.807) is 0 Å². The fourth-order valence-electron chi connectivity index (χ4n) is 2.42. The highest BCUT2D eigenvalue weighted by molar-refractivity contribution is 5.88. The molecule has 0 fully saturated rings. The van der Waals surface area contributed by atoms with Gasteiger partial charge in [0.25, 0.3) is 0 Å². The van der Waals surface area contributed by atoms with Crippen molar-refractivity contribution in [3.8, 4) is 0 Å². The Morgan fingerprint density at radius 2 is 2.06 bits per heavy atom. The summed E-state index contributed by atoms with van der Waals surface area (Å²) >= 11 is 0. The summed E-state index contributed by atoms with van der Waals surface area (Å²) in [6, 6.07) is 6.42. The second-order valence-electron chi connectivity index (χ2n) is 4.71. The van der Waals surface area contributed by atoms with Crippen LogP contribution in [0.1, 0.15) is 36.6 Å². The molecule has 0 aliphatic heterocycles. The van der Waals surface area contributed by atoms with Gasteiger partial charge in [0.15, 0.2) is 0 Å². The smallest absolute Gasteiger partial charge is 0.0461 e. The molecule has 2 nitrogen and oxygen atoms in total. The third-order valence-electron chi connectivity index (χ3n) is 3.14. The molecule has 2 aromatic rings. The second-order valence-corrected chi connectivity index (χ2v) is 4.71. The standard InChI is InChI=1S/C14H20N2/c1-9(2)14-11(7-8-15)13-10(3)5-4-6-12(13)16-14/h4-6,9,16H,7-8,15H2,1-3H3. The molecule has 3 N–H and O–H groups in total. The van der Waals surface area contributed by atoms with Gasteiger partial charge in [-0.1, -0.05) is 26.0 Å². The fraction of sp³-hybridized carbons (Fsp3) is 0.429. The van der Waals surface area contributed by atoms with Crippen molar-refractivity contribution in [2.24, 2.45) is 5.73 Å². The highest BCUT2D eigenvalue weighted by atomic mass is 14.7. The summed E-state index contributed by atoms with van der Waals surface area (Å²) in [7, 11) is 0. The van der Waals surface area contributed by atoms with E-state index < -0.39 is 0 Å². The van der Waals surface area contributed by atoms with Crippen molar-refractivity contribution in [1.29, 1.82) is 0 Å². The van der Waals surface area contributed by atoms with E-state index >= 15 is 0 Å². The van der Waals surface area contributed by atoms with E-state index in [1.165, 1.54) is 27.7 Å². The minimum absolute atomic E-state index is 0.522. The third kappa shape index (κ3) is 1.74. The Kier molecular flexibility index (Phi) is 3.01. The minimum Gasteiger partial charge on any atom is -0.358 e. The normalized spacial score (nSPS) is 11.6. The van der Waals surface area contributed by atoms with Crippen LogP contribution in [0.4, 0.5) is 0 Å². The van der Waals surface area contributed by atoms with Gasteiger partial charge in [-0.2, -0.15) is 0 Å². The largest absolute Gasteiger partial charge is 0.358 e. The Morgan fingerprint density at radius 1 is 1.31 bits per heavy atom. The molecule has 0 bridgehead atoms. The molecule has 2 heteroatoms. The Bertz CT molecular complexity index is 495. The van der Waals surface area contributed by atoms with Crippen LogP contribution in [-0.2, 0) is 6.42 Å². The molecule has 0 saturated heterocycles. The number of hydrogen-bond acceptors (Lipinski definition) is 1. The van der Waals surface area contributed by atoms with Gasteiger partial charge in [-0.05, 0) is 43.0 Å². The van der Waals surface area contributed by atoms with Gasteiger partial charge in [-0.3, -0.25) is 0 Å². The molecule has 0 amide bonds. The van der Waals surface area contributed by atoms with E-state index in [-0.39, 0.29) is 0 Å². The predicted molar refractivity (Wildman–Crippen MR) is 69.9 cm³/mol. The first-order valence-electron chi connectivity index (χ1n) is 5.95. The van der Waals surface area contributed by atoms with Crippen LogP contribution < -0.4 is 5.73 Å². The molecule has 16 heavy (non-hydrogen) atoms. The van der Waals surface area contributed by atoms with Crippen LogP contribution in [0.15, 0.2) is 18.2 Å². The number of nitrogens with one attached hydrogen (secondary N) is 1. The zero-order valence-electron chi connectivity index (χ0n) is 10.3. The first kappa shape index (κ1) is 11.2. The van der Waals surface area contributed by atoms with Crippen LogP contribution in [0.25, 0.3) is 10.9 Å². The summed E-state index contributed by atoms with van der Waals surface area (Å²) in [6.07, 6.45) is 0.957. The quantitative estimate of drug-likeness (QED) is 0.813. The van der Waals surface area contributed by atoms with Crippen molar-refractivity contribution < 1.29 is 0 Å². The molecule has 0 aliphatic carbocycles. The van der Waals surface area contributed by atoms with Gasteiger partial charge in [0.05, 0.1) is 0 Å². The summed E-state index contributed by atoms with van der Waals surface area (Å²) in [4.78, 5) is 3.53.